The highest BCUT2D eigenvalue weighted by Crippen LogP contribution is 2.48. The van der Waals surface area contributed by atoms with Crippen LogP contribution in [0.25, 0.3) is 11.2 Å². The lowest BCUT2D eigenvalue weighted by Crippen LogP contribution is -2.19. The van der Waals surface area contributed by atoms with Gasteiger partial charge in [-0.1, -0.05) is 115 Å². The van der Waals surface area contributed by atoms with Gasteiger partial charge >= 0.3 is 13.8 Å². The Morgan fingerprint density at radius 1 is 0.896 bits per heavy atom. The fourth-order valence-electron chi connectivity index (χ4n) is 4.95. The number of fused-ring (bicyclic) bond motifs is 1. The van der Waals surface area contributed by atoms with Gasteiger partial charge in [-0.3, -0.25) is 9.09 Å². The van der Waals surface area contributed by atoms with Gasteiger partial charge in [-0.15, -0.1) is 9.45 Å². The van der Waals surface area contributed by atoms with Crippen molar-refractivity contribution in [2.24, 2.45) is 5.92 Å². The number of hydrogen-bond acceptors (Lipinski definition) is 12. The molecule has 0 spiro atoms. The van der Waals surface area contributed by atoms with Gasteiger partial charge in [-0.25, -0.2) is 19.7 Å². The number of rotatable bonds is 29. The molecule has 2 rings (SSSR count). The Morgan fingerprint density at radius 2 is 1.52 bits per heavy atom. The molecule has 2 unspecified atom stereocenters. The van der Waals surface area contributed by atoms with Crippen molar-refractivity contribution in [1.82, 2.24) is 19.5 Å². The van der Waals surface area contributed by atoms with E-state index in [2.05, 4.69) is 21.9 Å². The van der Waals surface area contributed by atoms with Crippen molar-refractivity contribution in [1.29, 1.82) is 0 Å². The van der Waals surface area contributed by atoms with E-state index in [1.165, 1.54) is 89.8 Å². The van der Waals surface area contributed by atoms with Gasteiger partial charge < -0.3 is 29.0 Å². The highest BCUT2D eigenvalue weighted by Gasteiger charge is 2.28. The Hall–Kier alpha value is -1.70. The molecule has 48 heavy (non-hydrogen) atoms. The van der Waals surface area contributed by atoms with Crippen LogP contribution in [0.3, 0.4) is 0 Å². The normalized spacial score (nSPS) is 14.3. The number of imidazole rings is 1. The van der Waals surface area contributed by atoms with Crippen LogP contribution >= 0.6 is 7.60 Å². The van der Waals surface area contributed by atoms with E-state index < -0.39 is 26.6 Å². The maximum Gasteiger partial charge on any atom is 0.510 e. The number of aromatic nitrogens is 4. The SMILES string of the molecule is CCCCCCCCCCCCCCCCS(=S)CCOP(=O)(CO[C@H](C)Cn1cnc2c(N)ncnc21)OCOC(=O)OCC(C)C. The molecule has 276 valence electrons. The van der Waals surface area contributed by atoms with Crippen LogP contribution in [0.5, 0.6) is 0 Å². The summed E-state index contributed by atoms with van der Waals surface area (Å²) in [5.74, 6) is 1.95. The van der Waals surface area contributed by atoms with Gasteiger partial charge in [0.05, 0.1) is 32.2 Å². The standard InChI is InChI=1S/C33H60N5O7PS2/c1-5-6-7-8-9-10-11-12-13-14-15-16-17-18-20-48(47)21-19-44-46(40,45-26-42-33(39)41-23-28(2)3)27-43-29(4)22-38-25-37-30-31(34)35-24-36-32(30)38/h24-25,28-29H,5-23,26-27H2,1-4H3,(H2,34,35,36)/t29-,46?,48?/m1/s1. The van der Waals surface area contributed by atoms with E-state index in [0.29, 0.717) is 23.5 Å². The van der Waals surface area contributed by atoms with Crippen molar-refractivity contribution in [3.8, 4) is 0 Å². The molecule has 0 saturated heterocycles. The fourth-order valence-corrected chi connectivity index (χ4v) is 7.88. The van der Waals surface area contributed by atoms with Crippen LogP contribution in [0.2, 0.25) is 0 Å². The van der Waals surface area contributed by atoms with E-state index in [4.69, 9.17) is 40.2 Å². The van der Waals surface area contributed by atoms with Crippen LogP contribution in [0.1, 0.15) is 118 Å². The minimum absolute atomic E-state index is 0.148. The number of nitrogens with two attached hydrogens (primary N) is 1. The first kappa shape index (κ1) is 42.5. The molecule has 0 radical (unpaired) electrons. The number of hydrogen-bond donors (Lipinski definition) is 1. The molecule has 15 heteroatoms. The molecule has 0 aliphatic heterocycles. The van der Waals surface area contributed by atoms with E-state index in [-0.39, 0.29) is 40.8 Å². The molecule has 2 N–H and O–H groups in total. The number of nitrogen functional groups attached to an aromatic ring is 1. The Kier molecular flexibility index (Phi) is 22.4. The first-order valence-corrected chi connectivity index (χ1v) is 21.9. The second kappa shape index (κ2) is 25.3. The first-order valence-electron chi connectivity index (χ1n) is 17.7. The zero-order chi connectivity index (χ0) is 35.0. The van der Waals surface area contributed by atoms with Crippen LogP contribution < -0.4 is 5.73 Å². The third kappa shape index (κ3) is 18.9. The molecule has 12 nitrogen and oxygen atoms in total. The molecule has 2 aromatic rings. The molecule has 3 atom stereocenters. The predicted octanol–water partition coefficient (Wildman–Crippen LogP) is 8.33. The average Bonchev–Trinajstić information content (AvgIpc) is 3.46. The topological polar surface area (TPSA) is 150 Å². The Bertz CT molecular complexity index is 1240. The zero-order valence-corrected chi connectivity index (χ0v) is 32.2. The lowest BCUT2D eigenvalue weighted by molar-refractivity contribution is -0.0109. The van der Waals surface area contributed by atoms with E-state index in [1.54, 1.807) is 10.9 Å². The molecule has 0 aromatic carbocycles. The summed E-state index contributed by atoms with van der Waals surface area (Å²) in [5, 5.41) is 0. The first-order chi connectivity index (χ1) is 23.1. The van der Waals surface area contributed by atoms with Gasteiger partial charge in [0, 0.05) is 5.75 Å². The van der Waals surface area contributed by atoms with E-state index in [9.17, 15) is 9.36 Å². The number of anilines is 1. The van der Waals surface area contributed by atoms with Gasteiger partial charge in [-0.2, -0.15) is 0 Å². The fraction of sp³-hybridized carbons (Fsp3) is 0.818. The summed E-state index contributed by atoms with van der Waals surface area (Å²) in [6, 6.07) is 0. The highest BCUT2D eigenvalue weighted by atomic mass is 32.8. The van der Waals surface area contributed by atoms with E-state index >= 15 is 0 Å². The number of carbonyl (C=O) groups is 1. The largest absolute Gasteiger partial charge is 0.510 e. The molecular weight excluding hydrogens is 673 g/mol. The summed E-state index contributed by atoms with van der Waals surface area (Å²) < 4.78 is 42.4. The predicted molar refractivity (Wildman–Crippen MR) is 197 cm³/mol. The van der Waals surface area contributed by atoms with Crippen LogP contribution in [0.15, 0.2) is 12.7 Å². The maximum absolute atomic E-state index is 13.6. The minimum Gasteiger partial charge on any atom is -0.434 e. The van der Waals surface area contributed by atoms with Crippen LogP contribution in [-0.2, 0) is 55.0 Å². The quantitative estimate of drug-likeness (QED) is 0.0371. The van der Waals surface area contributed by atoms with Gasteiger partial charge in [0.15, 0.2) is 11.5 Å². The molecule has 0 amide bonds. The van der Waals surface area contributed by atoms with Gasteiger partial charge in [0.25, 0.3) is 0 Å². The lowest BCUT2D eigenvalue weighted by atomic mass is 10.0. The summed E-state index contributed by atoms with van der Waals surface area (Å²) in [6.45, 7) is 8.02. The number of unbranched alkanes of at least 4 members (excludes halogenated alkanes) is 13. The van der Waals surface area contributed by atoms with E-state index in [1.807, 2.05) is 20.8 Å². The van der Waals surface area contributed by atoms with Crippen LogP contribution in [-0.4, -0.2) is 69.6 Å². The summed E-state index contributed by atoms with van der Waals surface area (Å²) >= 11 is 5.68. The Balaban J connectivity index is 1.69. The molecular formula is C33H60N5O7PS2. The summed E-state index contributed by atoms with van der Waals surface area (Å²) in [6.07, 6.45) is 19.8. The third-order valence-electron chi connectivity index (χ3n) is 7.69. The molecule has 0 aliphatic carbocycles. The molecule has 0 aliphatic rings. The third-order valence-corrected chi connectivity index (χ3v) is 11.6. The second-order valence-corrected chi connectivity index (χ2v) is 17.8. The lowest BCUT2D eigenvalue weighted by Gasteiger charge is -2.21. The summed E-state index contributed by atoms with van der Waals surface area (Å²) in [7, 11) is -4.09. The maximum atomic E-state index is 13.6. The Morgan fingerprint density at radius 3 is 2.15 bits per heavy atom. The Labute approximate surface area is 295 Å². The van der Waals surface area contributed by atoms with Crippen LogP contribution in [0.4, 0.5) is 10.6 Å². The highest BCUT2D eigenvalue weighted by molar-refractivity contribution is 8.28. The van der Waals surface area contributed by atoms with E-state index in [0.717, 1.165) is 12.2 Å². The van der Waals surface area contributed by atoms with Crippen molar-refractivity contribution in [2.45, 2.75) is 130 Å². The molecule has 2 heterocycles. The molecule has 0 fully saturated rings. The summed E-state index contributed by atoms with van der Waals surface area (Å²) in [5.41, 5.74) is 6.95. The zero-order valence-electron chi connectivity index (χ0n) is 29.6. The minimum atomic E-state index is -3.80. The van der Waals surface area contributed by atoms with Crippen molar-refractivity contribution in [3.63, 3.8) is 0 Å². The molecule has 2 aromatic heterocycles. The van der Waals surface area contributed by atoms with Gasteiger partial charge in [0.1, 0.15) is 18.2 Å². The number of carbonyl (C=O) groups excluding carboxylic acids is 1. The van der Waals surface area contributed by atoms with Gasteiger partial charge in [0.2, 0.25) is 6.79 Å². The van der Waals surface area contributed by atoms with Crippen molar-refractivity contribution in [2.75, 3.05) is 43.6 Å². The van der Waals surface area contributed by atoms with Crippen molar-refractivity contribution >= 4 is 51.4 Å². The average molecular weight is 734 g/mol. The summed E-state index contributed by atoms with van der Waals surface area (Å²) in [4.78, 5) is 24.3. The van der Waals surface area contributed by atoms with Crippen molar-refractivity contribution in [3.05, 3.63) is 12.7 Å². The smallest absolute Gasteiger partial charge is 0.434 e. The number of ether oxygens (including phenoxy) is 3. The van der Waals surface area contributed by atoms with Crippen LogP contribution in [0, 0.1) is 5.92 Å². The molecule has 0 saturated carbocycles. The molecule has 0 bridgehead atoms. The monoisotopic (exact) mass is 733 g/mol. The number of nitrogens with zero attached hydrogens (tertiary/aromatic N) is 4. The second-order valence-electron chi connectivity index (χ2n) is 12.7. The van der Waals surface area contributed by atoms with Crippen molar-refractivity contribution < 1.29 is 32.6 Å². The van der Waals surface area contributed by atoms with Gasteiger partial charge in [-0.05, 0) is 25.0 Å².